The number of hydrogen-bond acceptors (Lipinski definition) is 4. The van der Waals surface area contributed by atoms with E-state index in [1.54, 1.807) is 0 Å². The van der Waals surface area contributed by atoms with Crippen molar-refractivity contribution in [3.05, 3.63) is 35.9 Å². The number of ether oxygens (including phenoxy) is 1. The Morgan fingerprint density at radius 1 is 1.19 bits per heavy atom. The van der Waals surface area contributed by atoms with Gasteiger partial charge < -0.3 is 19.6 Å². The number of amides is 1. The van der Waals surface area contributed by atoms with E-state index in [1.165, 1.54) is 5.56 Å². The van der Waals surface area contributed by atoms with E-state index in [1.807, 2.05) is 11.0 Å². The molecule has 5 nitrogen and oxygen atoms in total. The normalized spacial score (nSPS) is 26.4. The van der Waals surface area contributed by atoms with Crippen LogP contribution in [0.3, 0.4) is 0 Å². The number of carbonyl (C=O) groups is 1. The lowest BCUT2D eigenvalue weighted by atomic mass is 9.98. The Kier molecular flexibility index (Phi) is 7.06. The van der Waals surface area contributed by atoms with Gasteiger partial charge in [0, 0.05) is 26.2 Å². The van der Waals surface area contributed by atoms with Crippen LogP contribution in [-0.2, 0) is 16.0 Å². The summed E-state index contributed by atoms with van der Waals surface area (Å²) in [5.41, 5.74) is 1.35. The Labute approximate surface area is 156 Å². The molecule has 0 bridgehead atoms. The van der Waals surface area contributed by atoms with Crippen LogP contribution in [0.4, 0.5) is 0 Å². The van der Waals surface area contributed by atoms with Crippen molar-refractivity contribution in [1.29, 1.82) is 0 Å². The van der Waals surface area contributed by atoms with Crippen LogP contribution in [0, 0.1) is 0 Å². The zero-order valence-corrected chi connectivity index (χ0v) is 15.8. The number of nitrogens with zero attached hydrogens (tertiary/aromatic N) is 2. The van der Waals surface area contributed by atoms with E-state index >= 15 is 0 Å². The highest BCUT2D eigenvalue weighted by molar-refractivity contribution is 5.82. The molecule has 0 radical (unpaired) electrons. The van der Waals surface area contributed by atoms with Gasteiger partial charge in [0.15, 0.2) is 6.10 Å². The summed E-state index contributed by atoms with van der Waals surface area (Å²) in [5, 5.41) is 10.2. The minimum absolute atomic E-state index is 0.0165. The number of carbonyl (C=O) groups excluding carboxylic acids is 1. The SMILES string of the molecule is CN(CCc1ccccc1)CC[C@@H]1CC[C@H](O)[C@@H](C(=O)N2CCCC2)O1. The number of aliphatic hydroxyl groups excluding tert-OH is 1. The fourth-order valence-electron chi connectivity index (χ4n) is 3.87. The molecular formula is C21H32N2O3. The van der Waals surface area contributed by atoms with E-state index < -0.39 is 12.2 Å². The largest absolute Gasteiger partial charge is 0.390 e. The monoisotopic (exact) mass is 360 g/mol. The van der Waals surface area contributed by atoms with Crippen molar-refractivity contribution in [3.8, 4) is 0 Å². The molecule has 3 atom stereocenters. The van der Waals surface area contributed by atoms with Crippen LogP contribution >= 0.6 is 0 Å². The third-order valence-corrected chi connectivity index (χ3v) is 5.59. The standard InChI is InChI=1S/C21H32N2O3/c1-22(15-11-17-7-3-2-4-8-17)16-12-18-9-10-19(24)20(26-18)21(25)23-13-5-6-14-23/h2-4,7-8,18-20,24H,5-6,9-16H2,1H3/t18-,19-,20-/m0/s1. The van der Waals surface area contributed by atoms with Gasteiger partial charge in [0.25, 0.3) is 5.91 Å². The minimum atomic E-state index is -0.665. The summed E-state index contributed by atoms with van der Waals surface area (Å²) in [6, 6.07) is 10.5. The molecule has 0 aliphatic carbocycles. The maximum absolute atomic E-state index is 12.6. The number of hydrogen-bond donors (Lipinski definition) is 1. The van der Waals surface area contributed by atoms with Crippen molar-refractivity contribution in [2.45, 2.75) is 56.8 Å². The van der Waals surface area contributed by atoms with Crippen LogP contribution in [0.15, 0.2) is 30.3 Å². The Bertz CT molecular complexity index is 560. The second kappa shape index (κ2) is 9.49. The van der Waals surface area contributed by atoms with Gasteiger partial charge in [0.1, 0.15) is 0 Å². The highest BCUT2D eigenvalue weighted by Gasteiger charge is 2.37. The van der Waals surface area contributed by atoms with E-state index in [4.69, 9.17) is 4.74 Å². The molecule has 0 spiro atoms. The number of rotatable bonds is 7. The number of likely N-dealkylation sites (N-methyl/N-ethyl adjacent to an activating group) is 1. The van der Waals surface area contributed by atoms with E-state index in [-0.39, 0.29) is 12.0 Å². The van der Waals surface area contributed by atoms with Crippen molar-refractivity contribution in [2.75, 3.05) is 33.2 Å². The van der Waals surface area contributed by atoms with Crippen LogP contribution < -0.4 is 0 Å². The molecule has 1 aromatic carbocycles. The van der Waals surface area contributed by atoms with Crippen molar-refractivity contribution in [2.24, 2.45) is 0 Å². The molecule has 1 aromatic rings. The van der Waals surface area contributed by atoms with Crippen molar-refractivity contribution in [1.82, 2.24) is 9.80 Å². The topological polar surface area (TPSA) is 53.0 Å². The van der Waals surface area contributed by atoms with E-state index in [0.29, 0.717) is 6.42 Å². The molecule has 0 unspecified atom stereocenters. The van der Waals surface area contributed by atoms with E-state index in [2.05, 4.69) is 36.2 Å². The maximum Gasteiger partial charge on any atom is 0.254 e. The molecule has 2 saturated heterocycles. The summed E-state index contributed by atoms with van der Waals surface area (Å²) >= 11 is 0. The number of benzene rings is 1. The van der Waals surface area contributed by atoms with E-state index in [0.717, 1.165) is 58.3 Å². The summed E-state index contributed by atoms with van der Waals surface area (Å²) in [6.45, 7) is 3.56. The molecule has 26 heavy (non-hydrogen) atoms. The van der Waals surface area contributed by atoms with Crippen LogP contribution in [0.1, 0.15) is 37.7 Å². The molecule has 3 rings (SSSR count). The Morgan fingerprint density at radius 2 is 1.92 bits per heavy atom. The predicted octanol–water partition coefficient (Wildman–Crippen LogP) is 2.08. The summed E-state index contributed by atoms with van der Waals surface area (Å²) in [6.07, 6.45) is 4.29. The van der Waals surface area contributed by atoms with Gasteiger partial charge in [-0.25, -0.2) is 0 Å². The first-order valence-corrected chi connectivity index (χ1v) is 9.98. The summed E-state index contributed by atoms with van der Waals surface area (Å²) in [7, 11) is 2.13. The third kappa shape index (κ3) is 5.29. The summed E-state index contributed by atoms with van der Waals surface area (Å²) < 4.78 is 6.02. The lowest BCUT2D eigenvalue weighted by Gasteiger charge is -2.35. The Hall–Kier alpha value is -1.43. The van der Waals surface area contributed by atoms with Gasteiger partial charge in [-0.3, -0.25) is 4.79 Å². The molecule has 5 heteroatoms. The first-order valence-electron chi connectivity index (χ1n) is 9.98. The molecule has 144 valence electrons. The summed E-state index contributed by atoms with van der Waals surface area (Å²) in [4.78, 5) is 16.8. The smallest absolute Gasteiger partial charge is 0.254 e. The third-order valence-electron chi connectivity index (χ3n) is 5.59. The van der Waals surface area contributed by atoms with Gasteiger partial charge in [-0.15, -0.1) is 0 Å². The zero-order chi connectivity index (χ0) is 18.4. The van der Waals surface area contributed by atoms with Crippen molar-refractivity contribution >= 4 is 5.91 Å². The first-order chi connectivity index (χ1) is 12.6. The zero-order valence-electron chi connectivity index (χ0n) is 15.8. The fourth-order valence-corrected chi connectivity index (χ4v) is 3.87. The highest BCUT2D eigenvalue weighted by atomic mass is 16.5. The van der Waals surface area contributed by atoms with Gasteiger partial charge in [-0.05, 0) is 51.1 Å². The number of aliphatic hydroxyl groups is 1. The summed E-state index contributed by atoms with van der Waals surface area (Å²) in [5.74, 6) is -0.0165. The van der Waals surface area contributed by atoms with Gasteiger partial charge in [0.2, 0.25) is 0 Å². The quantitative estimate of drug-likeness (QED) is 0.809. The van der Waals surface area contributed by atoms with E-state index in [9.17, 15) is 9.90 Å². The molecule has 1 N–H and O–H groups in total. The minimum Gasteiger partial charge on any atom is -0.390 e. The average Bonchev–Trinajstić information content (AvgIpc) is 3.21. The molecule has 0 saturated carbocycles. The van der Waals surface area contributed by atoms with Crippen molar-refractivity contribution < 1.29 is 14.6 Å². The van der Waals surface area contributed by atoms with Crippen LogP contribution in [-0.4, -0.2) is 72.4 Å². The molecule has 2 aliphatic rings. The lowest BCUT2D eigenvalue weighted by Crippen LogP contribution is -2.50. The van der Waals surface area contributed by atoms with Gasteiger partial charge in [-0.1, -0.05) is 30.3 Å². The van der Waals surface area contributed by atoms with Gasteiger partial charge >= 0.3 is 0 Å². The Balaban J connectivity index is 1.42. The molecular weight excluding hydrogens is 328 g/mol. The molecule has 0 aromatic heterocycles. The molecule has 2 fully saturated rings. The van der Waals surface area contributed by atoms with Gasteiger partial charge in [0.05, 0.1) is 12.2 Å². The van der Waals surface area contributed by atoms with Crippen LogP contribution in [0.5, 0.6) is 0 Å². The second-order valence-corrected chi connectivity index (χ2v) is 7.68. The van der Waals surface area contributed by atoms with Gasteiger partial charge in [-0.2, -0.15) is 0 Å². The molecule has 1 amide bonds. The predicted molar refractivity (Wildman–Crippen MR) is 102 cm³/mol. The molecule has 2 aliphatic heterocycles. The fraction of sp³-hybridized carbons (Fsp3) is 0.667. The van der Waals surface area contributed by atoms with Crippen LogP contribution in [0.2, 0.25) is 0 Å². The van der Waals surface area contributed by atoms with Crippen molar-refractivity contribution in [3.63, 3.8) is 0 Å². The average molecular weight is 360 g/mol. The van der Waals surface area contributed by atoms with Crippen LogP contribution in [0.25, 0.3) is 0 Å². The first kappa shape index (κ1) is 19.3. The Morgan fingerprint density at radius 3 is 2.65 bits per heavy atom. The lowest BCUT2D eigenvalue weighted by molar-refractivity contribution is -0.167. The molecule has 2 heterocycles. The maximum atomic E-state index is 12.6. The second-order valence-electron chi connectivity index (χ2n) is 7.68. The number of likely N-dealkylation sites (tertiary alicyclic amines) is 1. The highest BCUT2D eigenvalue weighted by Crippen LogP contribution is 2.24.